The number of hydrogen-bond acceptors (Lipinski definition) is 3. The third-order valence-electron chi connectivity index (χ3n) is 2.69. The van der Waals surface area contributed by atoms with E-state index in [1.807, 2.05) is 4.90 Å². The van der Waals surface area contributed by atoms with E-state index >= 15 is 0 Å². The highest BCUT2D eigenvalue weighted by Gasteiger charge is 2.15. The molecule has 0 radical (unpaired) electrons. The predicted molar refractivity (Wildman–Crippen MR) is 59.8 cm³/mol. The normalized spacial score (nSPS) is 16.7. The summed E-state index contributed by atoms with van der Waals surface area (Å²) in [7, 11) is 1.69. The Morgan fingerprint density at radius 3 is 2.73 bits per heavy atom. The van der Waals surface area contributed by atoms with Gasteiger partial charge < -0.3 is 15.0 Å². The maximum atomic E-state index is 11.7. The first-order chi connectivity index (χ1) is 7.34. The molecule has 4 heteroatoms. The molecular weight excluding hydrogens is 192 g/mol. The van der Waals surface area contributed by atoms with Crippen LogP contribution < -0.4 is 5.32 Å². The Kier molecular flexibility index (Phi) is 6.36. The zero-order valence-corrected chi connectivity index (χ0v) is 9.63. The third kappa shape index (κ3) is 5.14. The minimum atomic E-state index is 0.243. The van der Waals surface area contributed by atoms with Crippen molar-refractivity contribution in [2.24, 2.45) is 0 Å². The van der Waals surface area contributed by atoms with Crippen molar-refractivity contribution in [3.05, 3.63) is 0 Å². The van der Waals surface area contributed by atoms with Gasteiger partial charge in [0.15, 0.2) is 0 Å². The van der Waals surface area contributed by atoms with Gasteiger partial charge in [-0.1, -0.05) is 0 Å². The smallest absolute Gasteiger partial charge is 0.236 e. The van der Waals surface area contributed by atoms with Crippen LogP contribution in [0.25, 0.3) is 0 Å². The van der Waals surface area contributed by atoms with Crippen LogP contribution in [0.3, 0.4) is 0 Å². The Bertz CT molecular complexity index is 179. The minimum Gasteiger partial charge on any atom is -0.385 e. The summed E-state index contributed by atoms with van der Waals surface area (Å²) in [6, 6.07) is 0. The van der Waals surface area contributed by atoms with E-state index in [0.29, 0.717) is 6.54 Å². The van der Waals surface area contributed by atoms with Crippen molar-refractivity contribution in [2.75, 3.05) is 39.9 Å². The maximum Gasteiger partial charge on any atom is 0.236 e. The molecule has 1 N–H and O–H groups in total. The average molecular weight is 214 g/mol. The van der Waals surface area contributed by atoms with Crippen LogP contribution in [0.2, 0.25) is 0 Å². The number of rotatable bonds is 6. The molecule has 1 rings (SSSR count). The fourth-order valence-electron chi connectivity index (χ4n) is 1.79. The zero-order valence-electron chi connectivity index (χ0n) is 9.63. The van der Waals surface area contributed by atoms with Crippen LogP contribution >= 0.6 is 0 Å². The molecule has 4 nitrogen and oxygen atoms in total. The van der Waals surface area contributed by atoms with E-state index in [4.69, 9.17) is 4.74 Å². The molecular formula is C11H22N2O2. The lowest BCUT2D eigenvalue weighted by molar-refractivity contribution is -0.131. The van der Waals surface area contributed by atoms with Gasteiger partial charge in [-0.15, -0.1) is 0 Å². The Morgan fingerprint density at radius 1 is 1.33 bits per heavy atom. The van der Waals surface area contributed by atoms with E-state index in [1.165, 1.54) is 6.42 Å². The van der Waals surface area contributed by atoms with Crippen LogP contribution in [-0.2, 0) is 9.53 Å². The van der Waals surface area contributed by atoms with Gasteiger partial charge in [-0.3, -0.25) is 4.79 Å². The summed E-state index contributed by atoms with van der Waals surface area (Å²) >= 11 is 0. The number of methoxy groups -OCH3 is 1. The number of carbonyl (C=O) groups is 1. The molecule has 1 saturated heterocycles. The monoisotopic (exact) mass is 214 g/mol. The van der Waals surface area contributed by atoms with Crippen molar-refractivity contribution in [1.29, 1.82) is 0 Å². The van der Waals surface area contributed by atoms with Gasteiger partial charge in [-0.05, 0) is 32.2 Å². The molecule has 0 spiro atoms. The molecule has 0 unspecified atom stereocenters. The molecule has 1 fully saturated rings. The fourth-order valence-corrected chi connectivity index (χ4v) is 1.79. The van der Waals surface area contributed by atoms with Crippen molar-refractivity contribution in [2.45, 2.75) is 25.7 Å². The molecule has 0 aromatic heterocycles. The van der Waals surface area contributed by atoms with E-state index in [9.17, 15) is 4.79 Å². The minimum absolute atomic E-state index is 0.243. The number of nitrogens with zero attached hydrogens (tertiary/aromatic N) is 1. The molecule has 1 aliphatic rings. The highest BCUT2D eigenvalue weighted by atomic mass is 16.5. The van der Waals surface area contributed by atoms with E-state index in [-0.39, 0.29) is 5.91 Å². The summed E-state index contributed by atoms with van der Waals surface area (Å²) in [5, 5.41) is 3.15. The van der Waals surface area contributed by atoms with Crippen LogP contribution in [0, 0.1) is 0 Å². The molecule has 0 saturated carbocycles. The SMILES string of the molecule is COCCCNCC(=O)N1CCCCC1. The summed E-state index contributed by atoms with van der Waals surface area (Å²) in [4.78, 5) is 13.6. The predicted octanol–water partition coefficient (Wildman–Crippen LogP) is 0.625. The van der Waals surface area contributed by atoms with Gasteiger partial charge in [-0.2, -0.15) is 0 Å². The van der Waals surface area contributed by atoms with Crippen molar-refractivity contribution in [1.82, 2.24) is 10.2 Å². The second-order valence-electron chi connectivity index (χ2n) is 3.96. The largest absolute Gasteiger partial charge is 0.385 e. The Morgan fingerprint density at radius 2 is 2.07 bits per heavy atom. The summed E-state index contributed by atoms with van der Waals surface area (Å²) in [6.45, 7) is 3.97. The van der Waals surface area contributed by atoms with Gasteiger partial charge in [0.25, 0.3) is 0 Å². The van der Waals surface area contributed by atoms with Gasteiger partial charge in [0.05, 0.1) is 6.54 Å². The topological polar surface area (TPSA) is 41.6 Å². The van der Waals surface area contributed by atoms with Gasteiger partial charge in [-0.25, -0.2) is 0 Å². The number of piperidine rings is 1. The first-order valence-electron chi connectivity index (χ1n) is 5.82. The van der Waals surface area contributed by atoms with Crippen molar-refractivity contribution in [3.8, 4) is 0 Å². The van der Waals surface area contributed by atoms with Crippen LogP contribution in [0.5, 0.6) is 0 Å². The molecule has 1 aliphatic heterocycles. The van der Waals surface area contributed by atoms with E-state index in [0.717, 1.165) is 45.5 Å². The zero-order chi connectivity index (χ0) is 10.9. The molecule has 1 heterocycles. The lowest BCUT2D eigenvalue weighted by Gasteiger charge is -2.26. The molecule has 0 atom stereocenters. The second kappa shape index (κ2) is 7.65. The van der Waals surface area contributed by atoms with E-state index in [1.54, 1.807) is 7.11 Å². The second-order valence-corrected chi connectivity index (χ2v) is 3.96. The molecule has 0 aromatic carbocycles. The lowest BCUT2D eigenvalue weighted by Crippen LogP contribution is -2.41. The van der Waals surface area contributed by atoms with Crippen molar-refractivity contribution < 1.29 is 9.53 Å². The molecule has 0 bridgehead atoms. The number of ether oxygens (including phenoxy) is 1. The fraction of sp³-hybridized carbons (Fsp3) is 0.909. The Labute approximate surface area is 92.0 Å². The number of nitrogens with one attached hydrogen (secondary N) is 1. The van der Waals surface area contributed by atoms with E-state index < -0.39 is 0 Å². The summed E-state index contributed by atoms with van der Waals surface area (Å²) in [5.41, 5.74) is 0. The molecule has 88 valence electrons. The lowest BCUT2D eigenvalue weighted by atomic mass is 10.1. The third-order valence-corrected chi connectivity index (χ3v) is 2.69. The van der Waals surface area contributed by atoms with Gasteiger partial charge in [0.2, 0.25) is 5.91 Å². The first kappa shape index (κ1) is 12.5. The summed E-state index contributed by atoms with van der Waals surface area (Å²) in [5.74, 6) is 0.243. The van der Waals surface area contributed by atoms with Crippen LogP contribution in [0.4, 0.5) is 0 Å². The van der Waals surface area contributed by atoms with Crippen LogP contribution in [0.1, 0.15) is 25.7 Å². The summed E-state index contributed by atoms with van der Waals surface area (Å²) in [6.07, 6.45) is 4.56. The van der Waals surface area contributed by atoms with Gasteiger partial charge in [0, 0.05) is 26.8 Å². The molecule has 0 aliphatic carbocycles. The average Bonchev–Trinajstić information content (AvgIpc) is 2.30. The van der Waals surface area contributed by atoms with Crippen molar-refractivity contribution in [3.63, 3.8) is 0 Å². The van der Waals surface area contributed by atoms with Crippen LogP contribution in [-0.4, -0.2) is 50.7 Å². The number of amides is 1. The summed E-state index contributed by atoms with van der Waals surface area (Å²) < 4.78 is 4.93. The van der Waals surface area contributed by atoms with Crippen molar-refractivity contribution >= 4 is 5.91 Å². The molecule has 1 amide bonds. The number of hydrogen-bond donors (Lipinski definition) is 1. The first-order valence-corrected chi connectivity index (χ1v) is 5.82. The highest BCUT2D eigenvalue weighted by Crippen LogP contribution is 2.07. The number of carbonyl (C=O) groups excluding carboxylic acids is 1. The standard InChI is InChI=1S/C11H22N2O2/c1-15-9-5-6-12-10-11(14)13-7-3-2-4-8-13/h12H,2-10H2,1H3. The highest BCUT2D eigenvalue weighted by molar-refractivity contribution is 5.78. The molecule has 15 heavy (non-hydrogen) atoms. The maximum absolute atomic E-state index is 11.7. The van der Waals surface area contributed by atoms with Crippen LogP contribution in [0.15, 0.2) is 0 Å². The quantitative estimate of drug-likeness (QED) is 0.659. The van der Waals surface area contributed by atoms with E-state index in [2.05, 4.69) is 5.32 Å². The molecule has 0 aromatic rings. The van der Waals surface area contributed by atoms with Gasteiger partial charge in [0.1, 0.15) is 0 Å². The number of likely N-dealkylation sites (tertiary alicyclic amines) is 1. The van der Waals surface area contributed by atoms with Gasteiger partial charge >= 0.3 is 0 Å². The Balaban J connectivity index is 2.02. The Hall–Kier alpha value is -0.610.